The normalized spacial score (nSPS) is 15.0. The van der Waals surface area contributed by atoms with Crippen LogP contribution >= 0.6 is 0 Å². The molecule has 3 rings (SSSR count). The third-order valence-corrected chi connectivity index (χ3v) is 4.78. The first-order valence-corrected chi connectivity index (χ1v) is 9.37. The largest absolute Gasteiger partial charge is 0.370 e. The molecule has 0 atom stereocenters. The molecule has 0 aliphatic carbocycles. The molecule has 26 heavy (non-hydrogen) atoms. The van der Waals surface area contributed by atoms with Crippen molar-refractivity contribution in [1.82, 2.24) is 24.8 Å². The summed E-state index contributed by atoms with van der Waals surface area (Å²) in [5, 5.41) is 3.04. The van der Waals surface area contributed by atoms with Gasteiger partial charge in [-0.3, -0.25) is 4.98 Å². The van der Waals surface area contributed by atoms with Crippen molar-refractivity contribution in [2.24, 2.45) is 0 Å². The zero-order chi connectivity index (χ0) is 18.4. The fourth-order valence-electron chi connectivity index (χ4n) is 3.36. The van der Waals surface area contributed by atoms with Crippen LogP contribution in [-0.4, -0.2) is 58.2 Å². The minimum atomic E-state index is 0.0240. The number of anilines is 1. The number of urea groups is 1. The Morgan fingerprint density at radius 3 is 2.88 bits per heavy atom. The van der Waals surface area contributed by atoms with Gasteiger partial charge in [0.05, 0.1) is 0 Å². The van der Waals surface area contributed by atoms with Gasteiger partial charge in [-0.15, -0.1) is 0 Å². The molecule has 7 nitrogen and oxygen atoms in total. The minimum absolute atomic E-state index is 0.0240. The van der Waals surface area contributed by atoms with Crippen LogP contribution in [0.15, 0.2) is 30.7 Å². The summed E-state index contributed by atoms with van der Waals surface area (Å²) < 4.78 is 2.09. The molecule has 1 aliphatic rings. The van der Waals surface area contributed by atoms with Crippen molar-refractivity contribution in [3.63, 3.8) is 0 Å². The molecule has 1 aliphatic heterocycles. The minimum Gasteiger partial charge on any atom is -0.370 e. The zero-order valence-corrected chi connectivity index (χ0v) is 15.7. The molecule has 1 N–H and O–H groups in total. The fourth-order valence-corrected chi connectivity index (χ4v) is 3.36. The SMILES string of the molecule is CCc1nccn1CCNC(=O)N1CCCN(c2ccnc(C)c2)CC1. The van der Waals surface area contributed by atoms with Gasteiger partial charge in [-0.25, -0.2) is 9.78 Å². The lowest BCUT2D eigenvalue weighted by molar-refractivity contribution is 0.201. The molecular formula is C19H28N6O. The number of nitrogens with one attached hydrogen (secondary N) is 1. The Morgan fingerprint density at radius 1 is 1.19 bits per heavy atom. The van der Waals surface area contributed by atoms with E-state index in [4.69, 9.17) is 0 Å². The second-order valence-electron chi connectivity index (χ2n) is 6.61. The Kier molecular flexibility index (Phi) is 6.09. The molecule has 0 aromatic carbocycles. The summed E-state index contributed by atoms with van der Waals surface area (Å²) in [5.74, 6) is 1.05. The number of hydrogen-bond donors (Lipinski definition) is 1. The van der Waals surface area contributed by atoms with Gasteiger partial charge in [-0.1, -0.05) is 6.92 Å². The maximum atomic E-state index is 12.5. The van der Waals surface area contributed by atoms with Gasteiger partial charge in [0.15, 0.2) is 0 Å². The molecule has 2 aromatic rings. The molecule has 0 radical (unpaired) electrons. The fraction of sp³-hybridized carbons (Fsp3) is 0.526. The summed E-state index contributed by atoms with van der Waals surface area (Å²) in [6.45, 7) is 8.80. The molecule has 2 aromatic heterocycles. The second-order valence-corrected chi connectivity index (χ2v) is 6.61. The maximum Gasteiger partial charge on any atom is 0.317 e. The summed E-state index contributed by atoms with van der Waals surface area (Å²) in [4.78, 5) is 25.3. The van der Waals surface area contributed by atoms with Gasteiger partial charge in [-0.05, 0) is 25.5 Å². The quantitative estimate of drug-likeness (QED) is 0.891. The Morgan fingerprint density at radius 2 is 2.08 bits per heavy atom. The predicted molar refractivity (Wildman–Crippen MR) is 102 cm³/mol. The lowest BCUT2D eigenvalue weighted by atomic mass is 10.3. The first-order chi connectivity index (χ1) is 12.7. The third-order valence-electron chi connectivity index (χ3n) is 4.78. The van der Waals surface area contributed by atoms with E-state index in [2.05, 4.69) is 37.7 Å². The highest BCUT2D eigenvalue weighted by Crippen LogP contribution is 2.16. The predicted octanol–water partition coefficient (Wildman–Crippen LogP) is 2.07. The van der Waals surface area contributed by atoms with Crippen molar-refractivity contribution in [2.45, 2.75) is 33.2 Å². The molecule has 1 saturated heterocycles. The van der Waals surface area contributed by atoms with Crippen molar-refractivity contribution in [3.05, 3.63) is 42.2 Å². The van der Waals surface area contributed by atoms with Crippen molar-refractivity contribution >= 4 is 11.7 Å². The van der Waals surface area contributed by atoms with E-state index in [9.17, 15) is 4.79 Å². The van der Waals surface area contributed by atoms with Gasteiger partial charge < -0.3 is 19.7 Å². The van der Waals surface area contributed by atoms with Crippen LogP contribution in [-0.2, 0) is 13.0 Å². The highest BCUT2D eigenvalue weighted by atomic mass is 16.2. The number of hydrogen-bond acceptors (Lipinski definition) is 4. The molecule has 0 spiro atoms. The highest BCUT2D eigenvalue weighted by molar-refractivity contribution is 5.74. The Balaban J connectivity index is 1.48. The Bertz CT molecular complexity index is 728. The molecule has 7 heteroatoms. The van der Waals surface area contributed by atoms with Crippen LogP contribution in [0.5, 0.6) is 0 Å². The smallest absolute Gasteiger partial charge is 0.317 e. The molecule has 3 heterocycles. The number of carbonyl (C=O) groups excluding carboxylic acids is 1. The van der Waals surface area contributed by atoms with Gasteiger partial charge in [0.2, 0.25) is 0 Å². The van der Waals surface area contributed by atoms with Gasteiger partial charge in [0.25, 0.3) is 0 Å². The van der Waals surface area contributed by atoms with E-state index in [1.807, 2.05) is 36.5 Å². The summed E-state index contributed by atoms with van der Waals surface area (Å²) in [6.07, 6.45) is 7.49. The van der Waals surface area contributed by atoms with E-state index in [1.165, 1.54) is 5.69 Å². The molecule has 0 saturated carbocycles. The van der Waals surface area contributed by atoms with Crippen LogP contribution in [0.3, 0.4) is 0 Å². The van der Waals surface area contributed by atoms with Crippen molar-refractivity contribution in [2.75, 3.05) is 37.6 Å². The molecule has 2 amide bonds. The molecule has 1 fully saturated rings. The monoisotopic (exact) mass is 356 g/mol. The Hall–Kier alpha value is -2.57. The van der Waals surface area contributed by atoms with E-state index in [0.29, 0.717) is 6.54 Å². The topological polar surface area (TPSA) is 66.3 Å². The van der Waals surface area contributed by atoms with Crippen LogP contribution in [0.25, 0.3) is 0 Å². The molecule has 0 bridgehead atoms. The highest BCUT2D eigenvalue weighted by Gasteiger charge is 2.19. The van der Waals surface area contributed by atoms with Crippen LogP contribution in [0, 0.1) is 6.92 Å². The number of pyridine rings is 1. The van der Waals surface area contributed by atoms with Gasteiger partial charge >= 0.3 is 6.03 Å². The zero-order valence-electron chi connectivity index (χ0n) is 15.7. The lowest BCUT2D eigenvalue weighted by Gasteiger charge is -2.24. The van der Waals surface area contributed by atoms with Crippen LogP contribution in [0.2, 0.25) is 0 Å². The first-order valence-electron chi connectivity index (χ1n) is 9.37. The lowest BCUT2D eigenvalue weighted by Crippen LogP contribution is -2.43. The van der Waals surface area contributed by atoms with E-state index in [0.717, 1.165) is 57.1 Å². The molecule has 140 valence electrons. The Labute approximate surface area is 155 Å². The van der Waals surface area contributed by atoms with E-state index in [1.54, 1.807) is 0 Å². The number of rotatable bonds is 5. The number of nitrogens with zero attached hydrogens (tertiary/aromatic N) is 5. The summed E-state index contributed by atoms with van der Waals surface area (Å²) in [6, 6.07) is 4.17. The molecule has 0 unspecified atom stereocenters. The average molecular weight is 356 g/mol. The number of aromatic nitrogens is 3. The number of amides is 2. The van der Waals surface area contributed by atoms with Gasteiger partial charge in [0.1, 0.15) is 5.82 Å². The number of carbonyl (C=O) groups is 1. The van der Waals surface area contributed by atoms with E-state index in [-0.39, 0.29) is 6.03 Å². The van der Waals surface area contributed by atoms with Crippen molar-refractivity contribution in [1.29, 1.82) is 0 Å². The van der Waals surface area contributed by atoms with Crippen LogP contribution in [0.1, 0.15) is 24.9 Å². The average Bonchev–Trinajstić information content (AvgIpc) is 2.95. The third kappa shape index (κ3) is 4.53. The molecular weight excluding hydrogens is 328 g/mol. The number of imidazole rings is 1. The van der Waals surface area contributed by atoms with Crippen LogP contribution in [0.4, 0.5) is 10.5 Å². The standard InChI is InChI=1S/C19H28N6O/c1-3-18-21-7-11-24(18)12-8-22-19(26)25-10-4-9-23(13-14-25)17-5-6-20-16(2)15-17/h5-7,11,15H,3-4,8-10,12-14H2,1-2H3,(H,22,26). The van der Waals surface area contributed by atoms with E-state index >= 15 is 0 Å². The van der Waals surface area contributed by atoms with E-state index < -0.39 is 0 Å². The summed E-state index contributed by atoms with van der Waals surface area (Å²) >= 11 is 0. The second kappa shape index (κ2) is 8.69. The maximum absolute atomic E-state index is 12.5. The summed E-state index contributed by atoms with van der Waals surface area (Å²) in [5.41, 5.74) is 2.21. The number of aryl methyl sites for hydroxylation is 2. The van der Waals surface area contributed by atoms with Gasteiger partial charge in [-0.2, -0.15) is 0 Å². The van der Waals surface area contributed by atoms with Crippen molar-refractivity contribution < 1.29 is 4.79 Å². The van der Waals surface area contributed by atoms with Crippen molar-refractivity contribution in [3.8, 4) is 0 Å². The van der Waals surface area contributed by atoms with Gasteiger partial charge in [0, 0.05) is 75.7 Å². The van der Waals surface area contributed by atoms with Crippen LogP contribution < -0.4 is 10.2 Å². The first kappa shape index (κ1) is 18.2. The summed E-state index contributed by atoms with van der Waals surface area (Å²) in [7, 11) is 0.